The second-order valence-electron chi connectivity index (χ2n) is 9.92. The minimum absolute atomic E-state index is 0.126. The Morgan fingerprint density at radius 1 is 0.947 bits per heavy atom. The number of fused-ring (bicyclic) bond motifs is 3. The third-order valence-corrected chi connectivity index (χ3v) is 7.58. The summed E-state index contributed by atoms with van der Waals surface area (Å²) in [7, 11) is 0. The average molecular weight is 506 g/mol. The number of anilines is 1. The van der Waals surface area contributed by atoms with Gasteiger partial charge in [-0.1, -0.05) is 42.5 Å². The average Bonchev–Trinajstić information content (AvgIpc) is 2.97. The maximum atomic E-state index is 13.0. The summed E-state index contributed by atoms with van der Waals surface area (Å²) in [5.41, 5.74) is 3.41. The monoisotopic (exact) mass is 505 g/mol. The topological polar surface area (TPSA) is 59.0 Å². The van der Waals surface area contributed by atoms with Crippen LogP contribution in [-0.4, -0.2) is 30.8 Å². The van der Waals surface area contributed by atoms with Crippen LogP contribution in [0.1, 0.15) is 53.2 Å². The smallest absolute Gasteiger partial charge is 0.338 e. The van der Waals surface area contributed by atoms with Crippen molar-refractivity contribution in [2.24, 2.45) is 0 Å². The van der Waals surface area contributed by atoms with Crippen LogP contribution in [0.15, 0.2) is 84.9 Å². The van der Waals surface area contributed by atoms with E-state index in [0.29, 0.717) is 22.3 Å². The Balaban J connectivity index is 1.52. The van der Waals surface area contributed by atoms with E-state index in [1.54, 1.807) is 25.1 Å². The molecule has 2 heterocycles. The van der Waals surface area contributed by atoms with Crippen LogP contribution in [0, 0.1) is 0 Å². The molecule has 4 aromatic rings. The van der Waals surface area contributed by atoms with Gasteiger partial charge in [0.2, 0.25) is 0 Å². The van der Waals surface area contributed by atoms with Gasteiger partial charge in [0.25, 0.3) is 0 Å². The molecular weight excluding hydrogens is 474 g/mol. The van der Waals surface area contributed by atoms with Gasteiger partial charge in [-0.05, 0) is 80.1 Å². The number of phenols is 1. The molecule has 1 fully saturated rings. The fraction of sp³-hybridized carbons (Fsp3) is 0.242. The van der Waals surface area contributed by atoms with Crippen molar-refractivity contribution in [3.05, 3.63) is 107 Å². The summed E-state index contributed by atoms with van der Waals surface area (Å²) < 4.78 is 12.4. The van der Waals surface area contributed by atoms with Crippen LogP contribution in [0.25, 0.3) is 16.8 Å². The summed E-state index contributed by atoms with van der Waals surface area (Å²) in [4.78, 5) is 15.4. The number of esters is 1. The van der Waals surface area contributed by atoms with Crippen molar-refractivity contribution in [1.29, 1.82) is 0 Å². The molecule has 2 aliphatic heterocycles. The lowest BCUT2D eigenvalue weighted by atomic mass is 9.82. The van der Waals surface area contributed by atoms with E-state index in [1.807, 2.05) is 36.4 Å². The van der Waals surface area contributed by atoms with Crippen molar-refractivity contribution in [3.63, 3.8) is 0 Å². The minimum Gasteiger partial charge on any atom is -0.508 e. The molecule has 1 saturated heterocycles. The van der Waals surface area contributed by atoms with E-state index >= 15 is 0 Å². The third kappa shape index (κ3) is 4.18. The van der Waals surface area contributed by atoms with Gasteiger partial charge in [0.05, 0.1) is 12.2 Å². The number of rotatable bonds is 5. The second kappa shape index (κ2) is 9.90. The summed E-state index contributed by atoms with van der Waals surface area (Å²) in [6.45, 7) is 4.23. The molecule has 4 aromatic carbocycles. The van der Waals surface area contributed by atoms with E-state index in [2.05, 4.69) is 41.3 Å². The summed E-state index contributed by atoms with van der Waals surface area (Å²) in [5.74, 6) is 0.304. The van der Waals surface area contributed by atoms with Crippen LogP contribution in [0.2, 0.25) is 0 Å². The molecule has 5 heteroatoms. The molecule has 38 heavy (non-hydrogen) atoms. The first-order valence-electron chi connectivity index (χ1n) is 13.4. The van der Waals surface area contributed by atoms with Gasteiger partial charge in [0.15, 0.2) is 5.60 Å². The highest BCUT2D eigenvalue weighted by Crippen LogP contribution is 2.47. The molecule has 0 bridgehead atoms. The number of hydrogen-bond donors (Lipinski definition) is 1. The number of piperidine rings is 1. The minimum atomic E-state index is -0.896. The molecule has 1 unspecified atom stereocenters. The highest BCUT2D eigenvalue weighted by molar-refractivity contribution is 6.04. The molecule has 0 aliphatic carbocycles. The van der Waals surface area contributed by atoms with Gasteiger partial charge < -0.3 is 19.5 Å². The molecule has 2 aliphatic rings. The zero-order valence-electron chi connectivity index (χ0n) is 21.5. The number of nitrogens with zero attached hydrogens (tertiary/aromatic N) is 1. The van der Waals surface area contributed by atoms with E-state index in [-0.39, 0.29) is 12.4 Å². The van der Waals surface area contributed by atoms with Gasteiger partial charge in [0.1, 0.15) is 11.5 Å². The molecule has 1 N–H and O–H groups in total. The van der Waals surface area contributed by atoms with Gasteiger partial charge in [-0.25, -0.2) is 4.79 Å². The lowest BCUT2D eigenvalue weighted by molar-refractivity contribution is 0.0524. The molecule has 0 amide bonds. The third-order valence-electron chi connectivity index (χ3n) is 7.58. The molecule has 5 nitrogen and oxygen atoms in total. The first-order valence-corrected chi connectivity index (χ1v) is 13.4. The predicted octanol–water partition coefficient (Wildman–Crippen LogP) is 7.06. The van der Waals surface area contributed by atoms with E-state index in [9.17, 15) is 9.90 Å². The van der Waals surface area contributed by atoms with Crippen molar-refractivity contribution in [2.45, 2.75) is 31.8 Å². The number of aromatic hydroxyl groups is 1. The zero-order chi connectivity index (χ0) is 26.1. The summed E-state index contributed by atoms with van der Waals surface area (Å²) in [6, 6.07) is 25.7. The maximum absolute atomic E-state index is 13.0. The molecule has 6 rings (SSSR count). The van der Waals surface area contributed by atoms with Gasteiger partial charge in [-0.3, -0.25) is 0 Å². The van der Waals surface area contributed by atoms with Gasteiger partial charge in [0, 0.05) is 40.9 Å². The summed E-state index contributed by atoms with van der Waals surface area (Å²) >= 11 is 0. The number of phenolic OH excluding ortho intramolecular Hbond substituents is 1. The van der Waals surface area contributed by atoms with Crippen molar-refractivity contribution >= 4 is 28.5 Å². The molecule has 0 saturated carbocycles. The Kier molecular flexibility index (Phi) is 6.28. The number of carbonyl (C=O) groups is 1. The van der Waals surface area contributed by atoms with Crippen molar-refractivity contribution < 1.29 is 19.4 Å². The maximum Gasteiger partial charge on any atom is 0.338 e. The molecular formula is C33H31NO4. The van der Waals surface area contributed by atoms with Crippen LogP contribution in [-0.2, 0) is 10.3 Å². The van der Waals surface area contributed by atoms with Gasteiger partial charge >= 0.3 is 5.97 Å². The number of hydrogen-bond acceptors (Lipinski definition) is 5. The first-order chi connectivity index (χ1) is 18.6. The normalized spacial score (nSPS) is 18.6. The van der Waals surface area contributed by atoms with Crippen LogP contribution in [0.5, 0.6) is 11.5 Å². The van der Waals surface area contributed by atoms with E-state index < -0.39 is 11.6 Å². The molecule has 0 radical (unpaired) electrons. The van der Waals surface area contributed by atoms with Crippen molar-refractivity contribution in [3.8, 4) is 11.5 Å². The second-order valence-corrected chi connectivity index (χ2v) is 9.92. The van der Waals surface area contributed by atoms with E-state index in [1.165, 1.54) is 24.9 Å². The first kappa shape index (κ1) is 24.1. The van der Waals surface area contributed by atoms with Crippen molar-refractivity contribution in [1.82, 2.24) is 0 Å². The SMILES string of the molecule is CCOC(=O)c1cc2cc(O)ccc2c2c1C=CC(c1ccccc1)(c1ccc(N3CCCCC3)cc1)O2. The van der Waals surface area contributed by atoms with Gasteiger partial charge in [-0.2, -0.15) is 0 Å². The zero-order valence-corrected chi connectivity index (χ0v) is 21.5. The molecule has 0 aromatic heterocycles. The Bertz CT molecular complexity index is 1500. The van der Waals surface area contributed by atoms with Crippen LogP contribution in [0.4, 0.5) is 5.69 Å². The lowest BCUT2D eigenvalue weighted by Crippen LogP contribution is -2.35. The lowest BCUT2D eigenvalue weighted by Gasteiger charge is -2.37. The van der Waals surface area contributed by atoms with E-state index in [0.717, 1.165) is 29.6 Å². The van der Waals surface area contributed by atoms with Crippen molar-refractivity contribution in [2.75, 3.05) is 24.6 Å². The Morgan fingerprint density at radius 2 is 1.68 bits per heavy atom. The summed E-state index contributed by atoms with van der Waals surface area (Å²) in [5, 5.41) is 11.7. The summed E-state index contributed by atoms with van der Waals surface area (Å²) in [6.07, 6.45) is 7.76. The van der Waals surface area contributed by atoms with Gasteiger partial charge in [-0.15, -0.1) is 0 Å². The molecule has 192 valence electrons. The largest absolute Gasteiger partial charge is 0.508 e. The van der Waals surface area contributed by atoms with E-state index in [4.69, 9.17) is 9.47 Å². The van der Waals surface area contributed by atoms with Crippen LogP contribution >= 0.6 is 0 Å². The van der Waals surface area contributed by atoms with Crippen LogP contribution < -0.4 is 9.64 Å². The quantitative estimate of drug-likeness (QED) is 0.294. The Labute approximate surface area is 222 Å². The highest BCUT2D eigenvalue weighted by Gasteiger charge is 2.39. The number of benzene rings is 4. The molecule has 0 spiro atoms. The Morgan fingerprint density at radius 3 is 2.42 bits per heavy atom. The number of carbonyl (C=O) groups excluding carboxylic acids is 1. The predicted molar refractivity (Wildman–Crippen MR) is 151 cm³/mol. The fourth-order valence-electron chi connectivity index (χ4n) is 5.66. The molecule has 1 atom stereocenters. The highest BCUT2D eigenvalue weighted by atomic mass is 16.5. The van der Waals surface area contributed by atoms with Crippen LogP contribution in [0.3, 0.4) is 0 Å². The Hall–Kier alpha value is -4.25. The fourth-order valence-corrected chi connectivity index (χ4v) is 5.66. The standard InChI is InChI=1S/C33H31NO4/c1-2-37-32(36)30-22-23-21-27(35)15-16-28(23)31-29(30)17-18-33(38-31,24-9-5-3-6-10-24)25-11-13-26(14-12-25)34-19-7-4-8-20-34/h3,5-6,9-18,21-22,35H,2,4,7-8,19-20H2,1H3. The number of ether oxygens (including phenoxy) is 2.